The highest BCUT2D eigenvalue weighted by atomic mass is 127. The molecule has 2 amide bonds. The van der Waals surface area contributed by atoms with Crippen molar-refractivity contribution in [3.8, 4) is 5.75 Å². The minimum absolute atomic E-state index is 0.0443. The lowest BCUT2D eigenvalue weighted by molar-refractivity contribution is -0.140. The highest BCUT2D eigenvalue weighted by molar-refractivity contribution is 14.1. The van der Waals surface area contributed by atoms with Gasteiger partial charge in [0.15, 0.2) is 0 Å². The van der Waals surface area contributed by atoms with E-state index in [4.69, 9.17) is 14.3 Å². The molecule has 0 saturated heterocycles. The fourth-order valence-electron chi connectivity index (χ4n) is 5.01. The first-order valence-corrected chi connectivity index (χ1v) is 13.5. The second-order valence-corrected chi connectivity index (χ2v) is 10.6. The number of furan rings is 1. The van der Waals surface area contributed by atoms with Crippen LogP contribution in [0.2, 0.25) is 0 Å². The van der Waals surface area contributed by atoms with Crippen molar-refractivity contribution in [3.05, 3.63) is 63.6 Å². The van der Waals surface area contributed by atoms with Crippen LogP contribution in [-0.2, 0) is 16.1 Å². The molecule has 3 N–H and O–H groups in total. The van der Waals surface area contributed by atoms with Crippen LogP contribution in [0, 0.1) is 9.49 Å². The van der Waals surface area contributed by atoms with E-state index in [1.807, 2.05) is 24.3 Å². The minimum atomic E-state index is -1.05. The van der Waals surface area contributed by atoms with Gasteiger partial charge in [-0.15, -0.1) is 0 Å². The third-order valence-electron chi connectivity index (χ3n) is 6.91. The fraction of sp³-hybridized carbons (Fsp3) is 0.481. The standard InChI is InChI=1S/C27H33IN2O6/c28-21-7-3-4-8-23(21)36-24-15-20(27(34)29-10-11-31)14-22(26(24)33)30(16-19-9-12-35-17-19)25(32)13-18-5-1-2-6-18/h3-4,7-9,12,15,17-18,22,24,26,31,33H,1-2,5-6,10-11,13-14,16H2,(H,29,34). The predicted molar refractivity (Wildman–Crippen MR) is 142 cm³/mol. The first kappa shape index (κ1) is 26.7. The summed E-state index contributed by atoms with van der Waals surface area (Å²) in [4.78, 5) is 28.2. The summed E-state index contributed by atoms with van der Waals surface area (Å²) in [6, 6.07) is 8.59. The molecule has 9 heteroatoms. The number of para-hydroxylation sites is 1. The number of carbonyl (C=O) groups is 2. The lowest BCUT2D eigenvalue weighted by Crippen LogP contribution is -2.55. The van der Waals surface area contributed by atoms with Crippen LogP contribution in [0.15, 0.2) is 58.9 Å². The zero-order valence-corrected chi connectivity index (χ0v) is 22.3. The summed E-state index contributed by atoms with van der Waals surface area (Å²) in [5.74, 6) is 0.541. The van der Waals surface area contributed by atoms with Crippen molar-refractivity contribution >= 4 is 34.4 Å². The minimum Gasteiger partial charge on any atom is -0.482 e. The van der Waals surface area contributed by atoms with Crippen LogP contribution in [0.5, 0.6) is 5.75 Å². The molecule has 1 fully saturated rings. The monoisotopic (exact) mass is 608 g/mol. The molecular weight excluding hydrogens is 575 g/mol. The number of rotatable bonds is 10. The van der Waals surface area contributed by atoms with Gasteiger partial charge in [0.2, 0.25) is 11.8 Å². The quantitative estimate of drug-likeness (QED) is 0.357. The van der Waals surface area contributed by atoms with E-state index >= 15 is 0 Å². The number of halogens is 1. The molecule has 0 aliphatic heterocycles. The number of ether oxygens (including phenoxy) is 1. The van der Waals surface area contributed by atoms with Crippen molar-refractivity contribution in [1.29, 1.82) is 0 Å². The predicted octanol–water partition coefficient (Wildman–Crippen LogP) is 3.41. The van der Waals surface area contributed by atoms with Gasteiger partial charge in [-0.2, -0.15) is 0 Å². The summed E-state index contributed by atoms with van der Waals surface area (Å²) in [7, 11) is 0. The summed E-state index contributed by atoms with van der Waals surface area (Å²) in [5.41, 5.74) is 1.23. The Bertz CT molecular complexity index is 1050. The van der Waals surface area contributed by atoms with Crippen LogP contribution < -0.4 is 10.1 Å². The molecule has 0 spiro atoms. The van der Waals surface area contributed by atoms with Gasteiger partial charge in [-0.1, -0.05) is 25.0 Å². The van der Waals surface area contributed by atoms with Crippen LogP contribution in [0.3, 0.4) is 0 Å². The molecule has 4 rings (SSSR count). The van der Waals surface area contributed by atoms with E-state index in [0.29, 0.717) is 23.7 Å². The SMILES string of the molecule is O=C(NCCO)C1=CC(Oc2ccccc2I)C(O)C(N(Cc2ccoc2)C(=O)CC2CCCC2)C1. The van der Waals surface area contributed by atoms with Crippen molar-refractivity contribution in [2.24, 2.45) is 5.92 Å². The molecule has 1 aromatic heterocycles. The van der Waals surface area contributed by atoms with Crippen LogP contribution in [0.1, 0.15) is 44.1 Å². The number of nitrogens with zero attached hydrogens (tertiary/aromatic N) is 1. The van der Waals surface area contributed by atoms with Gasteiger partial charge >= 0.3 is 0 Å². The zero-order valence-electron chi connectivity index (χ0n) is 20.1. The third kappa shape index (κ3) is 6.68. The van der Waals surface area contributed by atoms with Gasteiger partial charge in [0.05, 0.1) is 28.7 Å². The topological polar surface area (TPSA) is 112 Å². The van der Waals surface area contributed by atoms with Crippen molar-refractivity contribution in [3.63, 3.8) is 0 Å². The summed E-state index contributed by atoms with van der Waals surface area (Å²) in [6.07, 6.45) is 7.84. The number of hydrogen-bond acceptors (Lipinski definition) is 6. The Hall–Kier alpha value is -2.37. The fourth-order valence-corrected chi connectivity index (χ4v) is 5.53. The zero-order chi connectivity index (χ0) is 25.5. The Labute approximate surface area is 224 Å². The molecular formula is C27H33IN2O6. The molecule has 1 heterocycles. The Kier molecular flexibility index (Phi) is 9.44. The van der Waals surface area contributed by atoms with E-state index < -0.39 is 18.2 Å². The second kappa shape index (κ2) is 12.7. The molecule has 8 nitrogen and oxygen atoms in total. The van der Waals surface area contributed by atoms with E-state index in [0.717, 1.165) is 34.8 Å². The molecule has 2 aliphatic rings. The average Bonchev–Trinajstić information content (AvgIpc) is 3.58. The van der Waals surface area contributed by atoms with Crippen molar-refractivity contribution < 1.29 is 29.0 Å². The number of hydrogen-bond donors (Lipinski definition) is 3. The summed E-state index contributed by atoms with van der Waals surface area (Å²) < 4.78 is 12.3. The molecule has 36 heavy (non-hydrogen) atoms. The number of nitrogens with one attached hydrogen (secondary N) is 1. The second-order valence-electron chi connectivity index (χ2n) is 9.45. The van der Waals surface area contributed by atoms with Gasteiger partial charge in [-0.05, 0) is 65.6 Å². The lowest BCUT2D eigenvalue weighted by atomic mass is 9.87. The average molecular weight is 608 g/mol. The molecule has 194 valence electrons. The maximum atomic E-state index is 13.6. The normalized spacial score (nSPS) is 22.2. The largest absolute Gasteiger partial charge is 0.482 e. The molecule has 0 bridgehead atoms. The molecule has 2 aromatic rings. The van der Waals surface area contributed by atoms with E-state index in [9.17, 15) is 14.7 Å². The molecule has 2 aliphatic carbocycles. The first-order valence-electron chi connectivity index (χ1n) is 12.5. The van der Waals surface area contributed by atoms with E-state index in [1.165, 1.54) is 0 Å². The molecule has 0 radical (unpaired) electrons. The van der Waals surface area contributed by atoms with Crippen LogP contribution in [0.4, 0.5) is 0 Å². The molecule has 1 saturated carbocycles. The van der Waals surface area contributed by atoms with E-state index in [1.54, 1.807) is 29.6 Å². The van der Waals surface area contributed by atoms with Crippen LogP contribution in [0.25, 0.3) is 0 Å². The third-order valence-corrected chi connectivity index (χ3v) is 7.80. The maximum absolute atomic E-state index is 13.6. The van der Waals surface area contributed by atoms with Gasteiger partial charge < -0.3 is 29.6 Å². The van der Waals surface area contributed by atoms with Gasteiger partial charge in [-0.3, -0.25) is 9.59 Å². The van der Waals surface area contributed by atoms with E-state index in [-0.39, 0.29) is 37.9 Å². The summed E-state index contributed by atoms with van der Waals surface area (Å²) in [5, 5.41) is 23.4. The molecule has 1 aromatic carbocycles. The lowest BCUT2D eigenvalue weighted by Gasteiger charge is -2.40. The number of aliphatic hydroxyl groups is 2. The van der Waals surface area contributed by atoms with Crippen molar-refractivity contribution in [2.75, 3.05) is 13.2 Å². The van der Waals surface area contributed by atoms with Gasteiger partial charge in [0, 0.05) is 37.1 Å². The summed E-state index contributed by atoms with van der Waals surface area (Å²) in [6.45, 7) is 0.204. The number of aliphatic hydroxyl groups excluding tert-OH is 2. The smallest absolute Gasteiger partial charge is 0.247 e. The van der Waals surface area contributed by atoms with Crippen LogP contribution in [-0.4, -0.2) is 58.3 Å². The Morgan fingerprint density at radius 3 is 2.67 bits per heavy atom. The molecule has 3 atom stereocenters. The Morgan fingerprint density at radius 2 is 1.97 bits per heavy atom. The number of benzene rings is 1. The van der Waals surface area contributed by atoms with E-state index in [2.05, 4.69) is 27.9 Å². The van der Waals surface area contributed by atoms with Gasteiger partial charge in [-0.25, -0.2) is 0 Å². The van der Waals surface area contributed by atoms with Gasteiger partial charge in [0.25, 0.3) is 0 Å². The van der Waals surface area contributed by atoms with Crippen LogP contribution >= 0.6 is 22.6 Å². The molecule has 3 unspecified atom stereocenters. The number of carbonyl (C=O) groups excluding carboxylic acids is 2. The first-order chi connectivity index (χ1) is 17.5. The number of amides is 2. The Balaban J connectivity index is 1.64. The highest BCUT2D eigenvalue weighted by Gasteiger charge is 2.41. The Morgan fingerprint density at radius 1 is 1.19 bits per heavy atom. The van der Waals surface area contributed by atoms with Crippen molar-refractivity contribution in [1.82, 2.24) is 10.2 Å². The summed E-state index contributed by atoms with van der Waals surface area (Å²) >= 11 is 2.16. The van der Waals surface area contributed by atoms with Gasteiger partial charge in [0.1, 0.15) is 18.0 Å². The highest BCUT2D eigenvalue weighted by Crippen LogP contribution is 2.33. The maximum Gasteiger partial charge on any atom is 0.247 e. The van der Waals surface area contributed by atoms with Crippen molar-refractivity contribution in [2.45, 2.75) is 63.3 Å².